The van der Waals surface area contributed by atoms with Gasteiger partial charge in [0.2, 0.25) is 5.88 Å². The second-order valence-corrected chi connectivity index (χ2v) is 13.4. The molecule has 2 saturated carbocycles. The second-order valence-electron chi connectivity index (χ2n) is 13.4. The minimum atomic E-state index is -0.746. The summed E-state index contributed by atoms with van der Waals surface area (Å²) in [4.78, 5) is 47.0. The summed E-state index contributed by atoms with van der Waals surface area (Å²) in [7, 11) is 0. The van der Waals surface area contributed by atoms with Crippen molar-refractivity contribution in [1.82, 2.24) is 20.6 Å². The van der Waals surface area contributed by atoms with Gasteiger partial charge in [-0.15, -0.1) is 0 Å². The molecule has 13 nitrogen and oxygen atoms in total. The third-order valence-corrected chi connectivity index (χ3v) is 7.12. The molecule has 0 radical (unpaired) electrons. The average molecular weight is 623 g/mol. The Labute approximate surface area is 263 Å². The number of rotatable bonds is 7. The first-order chi connectivity index (χ1) is 21.1. The Balaban J connectivity index is 1.51. The van der Waals surface area contributed by atoms with Crippen LogP contribution in [-0.4, -0.2) is 63.6 Å². The van der Waals surface area contributed by atoms with Gasteiger partial charge in [0.05, 0.1) is 11.6 Å². The number of nitrogens with zero attached hydrogens (tertiary/aromatic N) is 3. The Morgan fingerprint density at radius 1 is 0.889 bits per heavy atom. The Bertz CT molecular complexity index is 1460. The molecular formula is C32H42N6O7. The number of alkyl carbamates (subject to hydrolysis) is 2. The van der Waals surface area contributed by atoms with Crippen LogP contribution in [0.4, 0.5) is 15.4 Å². The van der Waals surface area contributed by atoms with Crippen LogP contribution in [0.2, 0.25) is 0 Å². The van der Waals surface area contributed by atoms with Gasteiger partial charge in [0, 0.05) is 30.5 Å². The maximum absolute atomic E-state index is 13.5. The van der Waals surface area contributed by atoms with Crippen molar-refractivity contribution in [2.75, 3.05) is 5.73 Å². The third-order valence-electron chi connectivity index (χ3n) is 7.12. The fourth-order valence-electron chi connectivity index (χ4n) is 5.26. The van der Waals surface area contributed by atoms with E-state index in [1.165, 1.54) is 0 Å². The summed E-state index contributed by atoms with van der Waals surface area (Å²) >= 11 is 0. The van der Waals surface area contributed by atoms with E-state index in [4.69, 9.17) is 24.7 Å². The highest BCUT2D eigenvalue weighted by atomic mass is 16.6. The number of hydrogen-bond donors (Lipinski definition) is 3. The van der Waals surface area contributed by atoms with Crippen molar-refractivity contribution in [2.24, 2.45) is 0 Å². The average Bonchev–Trinajstić information content (AvgIpc) is 3.54. The Morgan fingerprint density at radius 2 is 1.47 bits per heavy atom. The van der Waals surface area contributed by atoms with Crippen LogP contribution in [0.3, 0.4) is 0 Å². The van der Waals surface area contributed by atoms with Crippen molar-refractivity contribution in [3.63, 3.8) is 0 Å². The number of esters is 1. The van der Waals surface area contributed by atoms with Crippen LogP contribution >= 0.6 is 0 Å². The van der Waals surface area contributed by atoms with E-state index in [2.05, 4.69) is 26.7 Å². The molecule has 0 unspecified atom stereocenters. The fraction of sp³-hybridized carbons (Fsp3) is 0.562. The molecule has 1 heterocycles. The van der Waals surface area contributed by atoms with Gasteiger partial charge in [-0.3, -0.25) is 0 Å². The number of nitrogens with two attached hydrogens (primary N) is 1. The SMILES string of the molecule is CC(C)(C)OC(=O)N[C@H]1CC[C@@H](OC(=O)c2c(N)nc(-c3cccc(C#N)c3)nc2O[C@@H]2CC[C@H](NC(=O)OC(C)(C)C)C2)C1. The Morgan fingerprint density at radius 3 is 2.04 bits per heavy atom. The minimum absolute atomic E-state index is 0.0470. The van der Waals surface area contributed by atoms with Crippen molar-refractivity contribution >= 4 is 24.0 Å². The van der Waals surface area contributed by atoms with Gasteiger partial charge in [0.15, 0.2) is 11.4 Å². The molecule has 0 saturated heterocycles. The van der Waals surface area contributed by atoms with Crippen molar-refractivity contribution < 1.29 is 33.3 Å². The molecule has 2 aromatic rings. The standard InChI is InChI=1S/C32H42N6O7/c1-31(2,3)44-29(40)35-20-10-12-22(15-20)42-27-24(25(34)37-26(38-27)19-9-7-8-18(14-19)17-33)28(39)43-23-13-11-21(16-23)36-30(41)45-32(4,5)6/h7-9,14,20-23H,10-13,15-16H2,1-6H3,(H,35,40)(H,36,41)(H2,34,37,38)/t20-,21-,22+,23+/m0/s1. The number of aromatic nitrogens is 2. The number of ether oxygens (including phenoxy) is 4. The van der Waals surface area contributed by atoms with E-state index < -0.39 is 41.6 Å². The van der Waals surface area contributed by atoms with Gasteiger partial charge in [0.25, 0.3) is 0 Å². The molecular weight excluding hydrogens is 580 g/mol. The number of benzene rings is 1. The van der Waals surface area contributed by atoms with E-state index in [9.17, 15) is 19.6 Å². The number of carbonyl (C=O) groups excluding carboxylic acids is 3. The first kappa shape index (κ1) is 33.3. The van der Waals surface area contributed by atoms with Crippen LogP contribution in [0.5, 0.6) is 5.88 Å². The van der Waals surface area contributed by atoms with Gasteiger partial charge in [-0.05, 0) is 79.4 Å². The lowest BCUT2D eigenvalue weighted by Gasteiger charge is -2.22. The number of anilines is 1. The van der Waals surface area contributed by atoms with E-state index in [-0.39, 0.29) is 35.2 Å². The van der Waals surface area contributed by atoms with Crippen molar-refractivity contribution in [2.45, 2.75) is 116 Å². The first-order valence-corrected chi connectivity index (χ1v) is 15.1. The maximum Gasteiger partial charge on any atom is 0.407 e. The van der Waals surface area contributed by atoms with Gasteiger partial charge in [-0.1, -0.05) is 12.1 Å². The van der Waals surface area contributed by atoms with Crippen LogP contribution < -0.4 is 21.1 Å². The number of nitrogens with one attached hydrogen (secondary N) is 2. The zero-order valence-electron chi connectivity index (χ0n) is 26.6. The van der Waals surface area contributed by atoms with Crippen LogP contribution in [-0.2, 0) is 14.2 Å². The third kappa shape index (κ3) is 9.69. The summed E-state index contributed by atoms with van der Waals surface area (Å²) in [5.74, 6) is -0.747. The molecule has 2 aliphatic rings. The highest BCUT2D eigenvalue weighted by molar-refractivity contribution is 5.97. The van der Waals surface area contributed by atoms with Crippen LogP contribution in [0.1, 0.15) is 96.0 Å². The number of amides is 2. The topological polar surface area (TPSA) is 188 Å². The quantitative estimate of drug-likeness (QED) is 0.278. The summed E-state index contributed by atoms with van der Waals surface area (Å²) in [6.07, 6.45) is 1.30. The lowest BCUT2D eigenvalue weighted by atomic mass is 10.1. The van der Waals surface area contributed by atoms with Gasteiger partial charge in [0.1, 0.15) is 29.2 Å². The molecule has 2 aliphatic carbocycles. The maximum atomic E-state index is 13.5. The normalized spacial score (nSPS) is 21.4. The van der Waals surface area contributed by atoms with E-state index >= 15 is 0 Å². The number of hydrogen-bond acceptors (Lipinski definition) is 11. The molecule has 2 fully saturated rings. The predicted octanol–water partition coefficient (Wildman–Crippen LogP) is 5.02. The summed E-state index contributed by atoms with van der Waals surface area (Å²) < 4.78 is 22.8. The minimum Gasteiger partial charge on any atom is -0.474 e. The Hall–Kier alpha value is -4.60. The summed E-state index contributed by atoms with van der Waals surface area (Å²) in [6, 6.07) is 8.36. The number of nitrogen functional groups attached to an aromatic ring is 1. The van der Waals surface area contributed by atoms with E-state index in [0.717, 1.165) is 0 Å². The molecule has 0 spiro atoms. The van der Waals surface area contributed by atoms with Crippen LogP contribution in [0.15, 0.2) is 24.3 Å². The van der Waals surface area contributed by atoms with Crippen LogP contribution in [0, 0.1) is 11.3 Å². The van der Waals surface area contributed by atoms with Crippen molar-refractivity contribution in [1.29, 1.82) is 5.26 Å². The second kappa shape index (κ2) is 13.6. The molecule has 242 valence electrons. The van der Waals surface area contributed by atoms with Gasteiger partial charge < -0.3 is 35.3 Å². The lowest BCUT2D eigenvalue weighted by Crippen LogP contribution is -2.38. The first-order valence-electron chi connectivity index (χ1n) is 15.1. The van der Waals surface area contributed by atoms with Gasteiger partial charge in [-0.25, -0.2) is 19.4 Å². The Kier molecular flexibility index (Phi) is 10.1. The predicted molar refractivity (Wildman–Crippen MR) is 164 cm³/mol. The number of carbonyl (C=O) groups is 3. The largest absolute Gasteiger partial charge is 0.474 e. The van der Waals surface area contributed by atoms with Gasteiger partial charge in [-0.2, -0.15) is 10.2 Å². The molecule has 4 atom stereocenters. The molecule has 1 aromatic carbocycles. The highest BCUT2D eigenvalue weighted by Gasteiger charge is 2.35. The fourth-order valence-corrected chi connectivity index (χ4v) is 5.26. The molecule has 2 amide bonds. The summed E-state index contributed by atoms with van der Waals surface area (Å²) in [5.41, 5.74) is 5.90. The van der Waals surface area contributed by atoms with E-state index in [1.807, 2.05) is 0 Å². The summed E-state index contributed by atoms with van der Waals surface area (Å²) in [5, 5.41) is 15.1. The van der Waals surface area contributed by atoms with Crippen LogP contribution in [0.25, 0.3) is 11.4 Å². The van der Waals surface area contributed by atoms with Crippen molar-refractivity contribution in [3.05, 3.63) is 35.4 Å². The highest BCUT2D eigenvalue weighted by Crippen LogP contribution is 2.33. The smallest absolute Gasteiger partial charge is 0.407 e. The molecule has 1 aromatic heterocycles. The van der Waals surface area contributed by atoms with Crippen molar-refractivity contribution in [3.8, 4) is 23.3 Å². The molecule has 4 N–H and O–H groups in total. The molecule has 0 aliphatic heterocycles. The molecule has 13 heteroatoms. The zero-order valence-corrected chi connectivity index (χ0v) is 26.6. The molecule has 4 rings (SSSR count). The molecule has 45 heavy (non-hydrogen) atoms. The lowest BCUT2D eigenvalue weighted by molar-refractivity contribution is 0.0303. The monoisotopic (exact) mass is 622 g/mol. The summed E-state index contributed by atoms with van der Waals surface area (Å²) in [6.45, 7) is 10.7. The van der Waals surface area contributed by atoms with E-state index in [1.54, 1.807) is 65.8 Å². The zero-order chi connectivity index (χ0) is 32.9. The van der Waals surface area contributed by atoms with E-state index in [0.29, 0.717) is 49.7 Å². The number of nitriles is 1. The van der Waals surface area contributed by atoms with Gasteiger partial charge >= 0.3 is 18.2 Å². The molecule has 0 bridgehead atoms.